The molecule has 1 heterocycles. The van der Waals surface area contributed by atoms with Gasteiger partial charge in [0.05, 0.1) is 6.20 Å². The summed E-state index contributed by atoms with van der Waals surface area (Å²) < 4.78 is 6.20. The van der Waals surface area contributed by atoms with Crippen LogP contribution in [0.15, 0.2) is 76.1 Å². The number of benzene rings is 2. The van der Waals surface area contributed by atoms with Gasteiger partial charge >= 0.3 is 0 Å². The van der Waals surface area contributed by atoms with Crippen molar-refractivity contribution in [1.82, 2.24) is 4.98 Å². The van der Waals surface area contributed by atoms with Gasteiger partial charge in [0.15, 0.2) is 12.2 Å². The molecule has 0 unspecified atom stereocenters. The third-order valence-corrected chi connectivity index (χ3v) is 3.89. The van der Waals surface area contributed by atoms with Crippen LogP contribution in [-0.4, -0.2) is 10.9 Å². The highest BCUT2D eigenvalue weighted by Gasteiger charge is 2.04. The smallest absolute Gasteiger partial charge is 0.248 e. The van der Waals surface area contributed by atoms with E-state index in [-0.39, 0.29) is 5.91 Å². The van der Waals surface area contributed by atoms with Gasteiger partial charge in [0, 0.05) is 21.8 Å². The number of aromatic nitrogens is 1. The molecule has 3 rings (SSSR count). The van der Waals surface area contributed by atoms with Crippen molar-refractivity contribution in [2.75, 3.05) is 5.32 Å². The molecule has 0 spiro atoms. The van der Waals surface area contributed by atoms with E-state index in [1.165, 1.54) is 12.5 Å². The maximum absolute atomic E-state index is 12.0. The van der Waals surface area contributed by atoms with Crippen LogP contribution < -0.4 is 5.32 Å². The number of rotatable bonds is 4. The molecule has 0 saturated heterocycles. The third-order valence-electron chi connectivity index (χ3n) is 3.17. The van der Waals surface area contributed by atoms with E-state index in [1.54, 1.807) is 12.3 Å². The van der Waals surface area contributed by atoms with Crippen molar-refractivity contribution in [1.29, 1.82) is 0 Å². The molecule has 0 bridgehead atoms. The van der Waals surface area contributed by atoms with Gasteiger partial charge in [-0.15, -0.1) is 0 Å². The number of hydrogen-bond acceptors (Lipinski definition) is 3. The molecule has 0 atom stereocenters. The summed E-state index contributed by atoms with van der Waals surface area (Å²) >= 11 is 3.45. The van der Waals surface area contributed by atoms with E-state index in [2.05, 4.69) is 26.2 Å². The van der Waals surface area contributed by atoms with Crippen molar-refractivity contribution in [3.63, 3.8) is 0 Å². The first-order valence-corrected chi connectivity index (χ1v) is 7.74. The second-order valence-electron chi connectivity index (χ2n) is 4.79. The summed E-state index contributed by atoms with van der Waals surface area (Å²) in [4.78, 5) is 15.9. The molecule has 0 saturated carbocycles. The molecule has 0 fully saturated rings. The molecule has 0 aliphatic heterocycles. The van der Waals surface area contributed by atoms with Crippen LogP contribution in [0.2, 0.25) is 0 Å². The summed E-state index contributed by atoms with van der Waals surface area (Å²) in [6.45, 7) is 0. The topological polar surface area (TPSA) is 55.1 Å². The van der Waals surface area contributed by atoms with Crippen molar-refractivity contribution in [2.45, 2.75) is 0 Å². The number of nitrogens with zero attached hydrogens (tertiary/aromatic N) is 1. The van der Waals surface area contributed by atoms with Gasteiger partial charge in [-0.1, -0.05) is 46.3 Å². The van der Waals surface area contributed by atoms with Crippen LogP contribution in [0, 0.1) is 0 Å². The number of nitrogens with one attached hydrogen (secondary N) is 1. The zero-order valence-corrected chi connectivity index (χ0v) is 13.7. The third kappa shape index (κ3) is 3.96. The Hall–Kier alpha value is -2.66. The normalized spacial score (nSPS) is 10.8. The molecule has 23 heavy (non-hydrogen) atoms. The molecule has 1 aromatic heterocycles. The van der Waals surface area contributed by atoms with Gasteiger partial charge in [-0.05, 0) is 29.8 Å². The lowest BCUT2D eigenvalue weighted by Gasteiger charge is -2.04. The van der Waals surface area contributed by atoms with Gasteiger partial charge in [0.2, 0.25) is 5.91 Å². The maximum atomic E-state index is 12.0. The highest BCUT2D eigenvalue weighted by molar-refractivity contribution is 9.10. The van der Waals surface area contributed by atoms with Gasteiger partial charge in [0.25, 0.3) is 0 Å². The fourth-order valence-corrected chi connectivity index (χ4v) is 2.49. The lowest BCUT2D eigenvalue weighted by atomic mass is 10.1. The predicted molar refractivity (Wildman–Crippen MR) is 93.7 cm³/mol. The highest BCUT2D eigenvalue weighted by atomic mass is 79.9. The number of amides is 1. The molecular weight excluding hydrogens is 356 g/mol. The van der Waals surface area contributed by atoms with Gasteiger partial charge in [0.1, 0.15) is 0 Å². The van der Waals surface area contributed by atoms with Crippen LogP contribution in [0.3, 0.4) is 0 Å². The summed E-state index contributed by atoms with van der Waals surface area (Å²) in [6, 6.07) is 15.1. The van der Waals surface area contributed by atoms with Crippen LogP contribution >= 0.6 is 15.9 Å². The molecule has 114 valence electrons. The van der Waals surface area contributed by atoms with Crippen molar-refractivity contribution in [3.8, 4) is 11.3 Å². The summed E-state index contributed by atoms with van der Waals surface area (Å²) in [6.07, 6.45) is 6.27. The fourth-order valence-electron chi connectivity index (χ4n) is 2.07. The molecule has 0 aliphatic carbocycles. The quantitative estimate of drug-likeness (QED) is 0.675. The molecular formula is C18H13BrN2O2. The van der Waals surface area contributed by atoms with E-state index >= 15 is 0 Å². The molecule has 4 nitrogen and oxygen atoms in total. The van der Waals surface area contributed by atoms with E-state index in [0.29, 0.717) is 11.4 Å². The number of anilines is 1. The molecule has 1 amide bonds. The van der Waals surface area contributed by atoms with Crippen molar-refractivity contribution in [3.05, 3.63) is 77.2 Å². The zero-order valence-electron chi connectivity index (χ0n) is 12.1. The molecule has 3 aromatic rings. The van der Waals surface area contributed by atoms with Crippen LogP contribution in [0.1, 0.15) is 5.56 Å². The summed E-state index contributed by atoms with van der Waals surface area (Å²) in [5.41, 5.74) is 2.49. The van der Waals surface area contributed by atoms with E-state index in [1.807, 2.05) is 48.5 Å². The van der Waals surface area contributed by atoms with Gasteiger partial charge in [-0.3, -0.25) is 4.79 Å². The van der Waals surface area contributed by atoms with E-state index in [4.69, 9.17) is 4.42 Å². The largest absolute Gasteiger partial charge is 0.444 e. The first-order valence-electron chi connectivity index (χ1n) is 6.95. The minimum absolute atomic E-state index is 0.199. The van der Waals surface area contributed by atoms with Gasteiger partial charge < -0.3 is 9.73 Å². The minimum atomic E-state index is -0.199. The fraction of sp³-hybridized carbons (Fsp3) is 0. The van der Waals surface area contributed by atoms with Crippen molar-refractivity contribution >= 4 is 33.6 Å². The van der Waals surface area contributed by atoms with Crippen LogP contribution in [0.4, 0.5) is 5.69 Å². The van der Waals surface area contributed by atoms with E-state index < -0.39 is 0 Å². The predicted octanol–water partition coefficient (Wildman–Crippen LogP) is 4.76. The van der Waals surface area contributed by atoms with E-state index in [9.17, 15) is 4.79 Å². The first kappa shape index (κ1) is 15.2. The minimum Gasteiger partial charge on any atom is -0.444 e. The summed E-state index contributed by atoms with van der Waals surface area (Å²) in [7, 11) is 0. The second-order valence-corrected chi connectivity index (χ2v) is 5.64. The SMILES string of the molecule is O=C(C=Cc1ccccc1Br)Nc1cccc(-c2cnco2)c1. The summed E-state index contributed by atoms with van der Waals surface area (Å²) in [5.74, 6) is 0.459. The van der Waals surface area contributed by atoms with Crippen molar-refractivity contribution < 1.29 is 9.21 Å². The second kappa shape index (κ2) is 7.07. The Morgan fingerprint density at radius 3 is 2.83 bits per heavy atom. The lowest BCUT2D eigenvalue weighted by molar-refractivity contribution is -0.111. The Morgan fingerprint density at radius 1 is 1.17 bits per heavy atom. The maximum Gasteiger partial charge on any atom is 0.248 e. The number of oxazole rings is 1. The molecule has 2 aromatic carbocycles. The van der Waals surface area contributed by atoms with Crippen LogP contribution in [-0.2, 0) is 4.79 Å². The number of halogens is 1. The lowest BCUT2D eigenvalue weighted by Crippen LogP contribution is -2.07. The van der Waals surface area contributed by atoms with Gasteiger partial charge in [-0.2, -0.15) is 0 Å². The van der Waals surface area contributed by atoms with Crippen LogP contribution in [0.5, 0.6) is 0 Å². The highest BCUT2D eigenvalue weighted by Crippen LogP contribution is 2.22. The number of carbonyl (C=O) groups is 1. The number of hydrogen-bond donors (Lipinski definition) is 1. The summed E-state index contributed by atoms with van der Waals surface area (Å²) in [5, 5.41) is 2.83. The number of carbonyl (C=O) groups excluding carboxylic acids is 1. The monoisotopic (exact) mass is 368 g/mol. The van der Waals surface area contributed by atoms with Crippen molar-refractivity contribution in [2.24, 2.45) is 0 Å². The Balaban J connectivity index is 1.71. The molecule has 1 N–H and O–H groups in total. The molecule has 0 radical (unpaired) electrons. The zero-order chi connectivity index (χ0) is 16.1. The van der Waals surface area contributed by atoms with Crippen LogP contribution in [0.25, 0.3) is 17.4 Å². The average Bonchev–Trinajstić information content (AvgIpc) is 3.09. The molecule has 5 heteroatoms. The first-order chi connectivity index (χ1) is 11.2. The van der Waals surface area contributed by atoms with E-state index in [0.717, 1.165) is 15.6 Å². The standard InChI is InChI=1S/C18H13BrN2O2/c19-16-7-2-1-4-13(16)8-9-18(22)21-15-6-3-5-14(10-15)17-11-20-12-23-17/h1-12H,(H,21,22). The Morgan fingerprint density at radius 2 is 2.04 bits per heavy atom. The Kier molecular flexibility index (Phi) is 4.68. The molecule has 0 aliphatic rings. The van der Waals surface area contributed by atoms with Gasteiger partial charge in [-0.25, -0.2) is 4.98 Å². The average molecular weight is 369 g/mol. The Bertz CT molecular complexity index is 842. The Labute approximate surface area is 142 Å².